The average Bonchev–Trinajstić information content (AvgIpc) is 2.24. The van der Waals surface area contributed by atoms with Gasteiger partial charge < -0.3 is 28.6 Å². The van der Waals surface area contributed by atoms with E-state index in [4.69, 9.17) is 20.4 Å². The van der Waals surface area contributed by atoms with Crippen LogP contribution in [0.3, 0.4) is 0 Å². The van der Waals surface area contributed by atoms with Gasteiger partial charge in [-0.2, -0.15) is 0 Å². The minimum absolute atomic E-state index is 0. The van der Waals surface area contributed by atoms with Gasteiger partial charge in [0.25, 0.3) is 0 Å². The summed E-state index contributed by atoms with van der Waals surface area (Å²) in [6, 6.07) is 0. The van der Waals surface area contributed by atoms with Gasteiger partial charge in [-0.15, -0.1) is 0 Å². The standard InChI is InChI=1S/C10H16N2O8.2Na.2H/c13-6(14)1-10(2-7(15)16,12-4-9(19)20)5-11-3-8(17)18;;;;/h11-12H,1-5H2,(H,13,14)(H,15,16)(H,17,18)(H,19,20);;;;/q;2*+1;2*-1. The van der Waals surface area contributed by atoms with E-state index in [2.05, 4.69) is 10.6 Å². The molecule has 0 aliphatic carbocycles. The number of carboxylic acids is 4. The van der Waals surface area contributed by atoms with Gasteiger partial charge in [0.1, 0.15) is 0 Å². The summed E-state index contributed by atoms with van der Waals surface area (Å²) in [4.78, 5) is 42.5. The van der Waals surface area contributed by atoms with Crippen LogP contribution in [0, 0.1) is 0 Å². The Hall–Kier alpha value is -0.200. The smallest absolute Gasteiger partial charge is 1.00 e. The molecule has 6 N–H and O–H groups in total. The number of carbonyl (C=O) groups is 4. The van der Waals surface area contributed by atoms with E-state index < -0.39 is 55.3 Å². The van der Waals surface area contributed by atoms with Gasteiger partial charge in [0.2, 0.25) is 0 Å². The van der Waals surface area contributed by atoms with E-state index in [0.29, 0.717) is 0 Å². The van der Waals surface area contributed by atoms with Crippen molar-refractivity contribution < 1.29 is 102 Å². The van der Waals surface area contributed by atoms with E-state index in [0.717, 1.165) is 0 Å². The molecule has 0 atom stereocenters. The van der Waals surface area contributed by atoms with Gasteiger partial charge in [0, 0.05) is 6.54 Å². The number of hydrogen-bond acceptors (Lipinski definition) is 6. The van der Waals surface area contributed by atoms with E-state index in [1.807, 2.05) is 0 Å². The molecular weight excluding hydrogens is 322 g/mol. The largest absolute Gasteiger partial charge is 1.00 e. The third-order valence-corrected chi connectivity index (χ3v) is 2.33. The molecule has 0 bridgehead atoms. The molecule has 0 spiro atoms. The van der Waals surface area contributed by atoms with E-state index >= 15 is 0 Å². The van der Waals surface area contributed by atoms with Gasteiger partial charge in [0.15, 0.2) is 0 Å². The number of hydrogen-bond donors (Lipinski definition) is 6. The molecule has 0 aromatic carbocycles. The van der Waals surface area contributed by atoms with Crippen molar-refractivity contribution in [3.8, 4) is 0 Å². The summed E-state index contributed by atoms with van der Waals surface area (Å²) in [5, 5.41) is 39.4. The number of rotatable bonds is 11. The zero-order valence-electron chi connectivity index (χ0n) is 14.5. The topological polar surface area (TPSA) is 173 Å². The fraction of sp³-hybridized carbons (Fsp3) is 0.600. The Morgan fingerprint density at radius 1 is 0.773 bits per heavy atom. The van der Waals surface area contributed by atoms with Crippen molar-refractivity contribution in [2.24, 2.45) is 0 Å². The van der Waals surface area contributed by atoms with Crippen molar-refractivity contribution in [2.75, 3.05) is 19.6 Å². The summed E-state index contributed by atoms with van der Waals surface area (Å²) in [7, 11) is 0. The minimum atomic E-state index is -1.59. The molecule has 0 unspecified atom stereocenters. The molecule has 118 valence electrons. The van der Waals surface area contributed by atoms with Crippen LogP contribution >= 0.6 is 0 Å². The van der Waals surface area contributed by atoms with E-state index in [1.165, 1.54) is 0 Å². The number of nitrogens with one attached hydrogen (secondary N) is 2. The summed E-state index contributed by atoms with van der Waals surface area (Å²) in [6.07, 6.45) is -1.33. The first-order valence-corrected chi connectivity index (χ1v) is 5.50. The van der Waals surface area contributed by atoms with E-state index in [9.17, 15) is 19.2 Å². The van der Waals surface area contributed by atoms with Crippen LogP contribution in [0.25, 0.3) is 0 Å². The van der Waals surface area contributed by atoms with Crippen molar-refractivity contribution in [3.63, 3.8) is 0 Å². The van der Waals surface area contributed by atoms with Crippen molar-refractivity contribution >= 4 is 23.9 Å². The number of carboxylic acid groups (broad SMARTS) is 4. The van der Waals surface area contributed by atoms with Crippen molar-refractivity contribution in [3.05, 3.63) is 0 Å². The maximum atomic E-state index is 10.8. The fourth-order valence-corrected chi connectivity index (χ4v) is 1.63. The molecule has 0 aromatic rings. The Morgan fingerprint density at radius 2 is 1.18 bits per heavy atom. The summed E-state index contributed by atoms with van der Waals surface area (Å²) < 4.78 is 0. The normalized spacial score (nSPS) is 10.0. The molecular formula is C10H18N2Na2O8. The van der Waals surface area contributed by atoms with Gasteiger partial charge in [-0.3, -0.25) is 24.5 Å². The quantitative estimate of drug-likeness (QED) is 0.198. The van der Waals surface area contributed by atoms with Crippen LogP contribution in [-0.2, 0) is 19.2 Å². The summed E-state index contributed by atoms with van der Waals surface area (Å²) in [5.41, 5.74) is -1.59. The summed E-state index contributed by atoms with van der Waals surface area (Å²) in [6.45, 7) is -1.46. The second kappa shape index (κ2) is 13.3. The molecule has 0 aliphatic rings. The SMILES string of the molecule is O=C(O)CNCC(CC(=O)O)(CC(=O)O)NCC(=O)O.[H-].[H-].[Na+].[Na+]. The van der Waals surface area contributed by atoms with Crippen molar-refractivity contribution in [1.29, 1.82) is 0 Å². The summed E-state index contributed by atoms with van der Waals surface area (Å²) in [5.74, 6) is -5.16. The Labute approximate surface area is 173 Å². The van der Waals surface area contributed by atoms with Gasteiger partial charge in [-0.1, -0.05) is 0 Å². The van der Waals surface area contributed by atoms with Crippen LogP contribution in [0.1, 0.15) is 15.7 Å². The molecule has 12 heteroatoms. The van der Waals surface area contributed by atoms with Crippen LogP contribution in [0.15, 0.2) is 0 Å². The Kier molecular flexibility index (Phi) is 16.1. The fourth-order valence-electron chi connectivity index (χ4n) is 1.63. The average molecular weight is 340 g/mol. The molecule has 0 rings (SSSR count). The van der Waals surface area contributed by atoms with Gasteiger partial charge >= 0.3 is 83.0 Å². The first-order valence-electron chi connectivity index (χ1n) is 5.50. The number of aliphatic carboxylic acids is 4. The maximum Gasteiger partial charge on any atom is 1.00 e. The molecule has 0 aromatic heterocycles. The van der Waals surface area contributed by atoms with Crippen LogP contribution < -0.4 is 69.7 Å². The maximum absolute atomic E-state index is 10.8. The van der Waals surface area contributed by atoms with Gasteiger partial charge in [0.05, 0.1) is 31.5 Å². The zero-order valence-corrected chi connectivity index (χ0v) is 16.5. The third-order valence-electron chi connectivity index (χ3n) is 2.33. The van der Waals surface area contributed by atoms with Crippen molar-refractivity contribution in [1.82, 2.24) is 10.6 Å². The first kappa shape index (κ1) is 26.7. The molecule has 0 radical (unpaired) electrons. The van der Waals surface area contributed by atoms with Crippen LogP contribution in [-0.4, -0.2) is 69.5 Å². The molecule has 0 saturated heterocycles. The van der Waals surface area contributed by atoms with E-state index in [1.54, 1.807) is 0 Å². The minimum Gasteiger partial charge on any atom is -1.00 e. The molecule has 0 heterocycles. The first-order chi connectivity index (χ1) is 9.17. The second-order valence-corrected chi connectivity index (χ2v) is 4.17. The van der Waals surface area contributed by atoms with Crippen molar-refractivity contribution in [2.45, 2.75) is 18.4 Å². The predicted molar refractivity (Wildman–Crippen MR) is 65.6 cm³/mol. The molecule has 0 fully saturated rings. The second-order valence-electron chi connectivity index (χ2n) is 4.17. The third kappa shape index (κ3) is 13.5. The zero-order chi connectivity index (χ0) is 15.8. The van der Waals surface area contributed by atoms with Gasteiger partial charge in [-0.25, -0.2) is 0 Å². The van der Waals surface area contributed by atoms with Crippen LogP contribution in [0.4, 0.5) is 0 Å². The Morgan fingerprint density at radius 3 is 1.50 bits per heavy atom. The Balaban J connectivity index is -0.000000301. The monoisotopic (exact) mass is 340 g/mol. The van der Waals surface area contributed by atoms with E-state index in [-0.39, 0.29) is 68.5 Å². The molecule has 22 heavy (non-hydrogen) atoms. The Bertz CT molecular complexity index is 398. The summed E-state index contributed by atoms with van der Waals surface area (Å²) >= 11 is 0. The van der Waals surface area contributed by atoms with Gasteiger partial charge in [-0.05, 0) is 0 Å². The molecule has 0 saturated carbocycles. The predicted octanol–water partition coefficient (Wildman–Crippen LogP) is -7.74. The van der Waals surface area contributed by atoms with Crippen LogP contribution in [0.5, 0.6) is 0 Å². The molecule has 0 aliphatic heterocycles. The molecule has 10 nitrogen and oxygen atoms in total. The molecule has 0 amide bonds. The van der Waals surface area contributed by atoms with Crippen LogP contribution in [0.2, 0.25) is 0 Å².